The van der Waals surface area contributed by atoms with Gasteiger partial charge < -0.3 is 14.8 Å². The third-order valence-corrected chi connectivity index (χ3v) is 2.60. The summed E-state index contributed by atoms with van der Waals surface area (Å²) in [6.45, 7) is 1.38. The monoisotopic (exact) mass is 303 g/mol. The number of nitrogens with one attached hydrogen (secondary N) is 1. The Bertz CT molecular complexity index is 631. The number of esters is 2. The SMILES string of the molecule is COC(=O)/C=C/c1ccc(/C=C/C(=O)OC)c(NC(C)=O)c1. The molecule has 6 heteroatoms. The van der Waals surface area contributed by atoms with Gasteiger partial charge >= 0.3 is 11.9 Å². The van der Waals surface area contributed by atoms with Gasteiger partial charge in [0.05, 0.1) is 14.2 Å². The van der Waals surface area contributed by atoms with Gasteiger partial charge in [-0.15, -0.1) is 0 Å². The molecule has 1 N–H and O–H groups in total. The lowest BCUT2D eigenvalue weighted by molar-refractivity contribution is -0.135. The van der Waals surface area contributed by atoms with E-state index in [0.717, 1.165) is 0 Å². The highest BCUT2D eigenvalue weighted by Crippen LogP contribution is 2.20. The van der Waals surface area contributed by atoms with Gasteiger partial charge in [0.15, 0.2) is 0 Å². The van der Waals surface area contributed by atoms with Gasteiger partial charge in [-0.25, -0.2) is 9.59 Å². The first kappa shape index (κ1) is 17.2. The average Bonchev–Trinajstić information content (AvgIpc) is 2.50. The highest BCUT2D eigenvalue weighted by Gasteiger charge is 2.04. The van der Waals surface area contributed by atoms with Crippen LogP contribution in [0.3, 0.4) is 0 Å². The summed E-state index contributed by atoms with van der Waals surface area (Å²) in [5, 5.41) is 2.66. The van der Waals surface area contributed by atoms with Crippen molar-refractivity contribution in [3.63, 3.8) is 0 Å². The lowest BCUT2D eigenvalue weighted by Gasteiger charge is -2.08. The van der Waals surface area contributed by atoms with Crippen molar-refractivity contribution in [2.24, 2.45) is 0 Å². The van der Waals surface area contributed by atoms with Gasteiger partial charge in [0.1, 0.15) is 0 Å². The number of hydrogen-bond acceptors (Lipinski definition) is 5. The number of ether oxygens (including phenoxy) is 2. The van der Waals surface area contributed by atoms with Crippen LogP contribution in [0.25, 0.3) is 12.2 Å². The van der Waals surface area contributed by atoms with E-state index in [1.807, 2.05) is 0 Å². The number of methoxy groups -OCH3 is 2. The van der Waals surface area contributed by atoms with E-state index in [9.17, 15) is 14.4 Å². The largest absolute Gasteiger partial charge is 0.466 e. The van der Waals surface area contributed by atoms with Crippen molar-refractivity contribution in [2.45, 2.75) is 6.92 Å². The molecule has 0 unspecified atom stereocenters. The highest BCUT2D eigenvalue weighted by atomic mass is 16.5. The van der Waals surface area contributed by atoms with Crippen LogP contribution < -0.4 is 5.32 Å². The summed E-state index contributed by atoms with van der Waals surface area (Å²) >= 11 is 0. The molecule has 116 valence electrons. The molecule has 0 aliphatic rings. The van der Waals surface area contributed by atoms with Crippen LogP contribution in [0.5, 0.6) is 0 Å². The fourth-order valence-corrected chi connectivity index (χ4v) is 1.58. The Labute approximate surface area is 128 Å². The minimum absolute atomic E-state index is 0.248. The van der Waals surface area contributed by atoms with Crippen LogP contribution in [0.4, 0.5) is 5.69 Å². The summed E-state index contributed by atoms with van der Waals surface area (Å²) in [6.07, 6.45) is 5.62. The second kappa shape index (κ2) is 8.41. The molecule has 1 aromatic carbocycles. The van der Waals surface area contributed by atoms with Crippen LogP contribution in [-0.4, -0.2) is 32.1 Å². The van der Waals surface area contributed by atoms with Crippen LogP contribution in [0.1, 0.15) is 18.1 Å². The third-order valence-electron chi connectivity index (χ3n) is 2.60. The normalized spacial score (nSPS) is 10.7. The lowest BCUT2D eigenvalue weighted by Crippen LogP contribution is -2.07. The Morgan fingerprint density at radius 3 is 2.14 bits per heavy atom. The summed E-state index contributed by atoms with van der Waals surface area (Å²) in [7, 11) is 2.57. The predicted octanol–water partition coefficient (Wildman–Crippen LogP) is 2.02. The molecule has 0 radical (unpaired) electrons. The molecule has 22 heavy (non-hydrogen) atoms. The van der Waals surface area contributed by atoms with Gasteiger partial charge in [-0.05, 0) is 29.3 Å². The summed E-state index contributed by atoms with van der Waals surface area (Å²) in [5.41, 5.74) is 1.85. The molecular formula is C16H17NO5. The summed E-state index contributed by atoms with van der Waals surface area (Å²) in [6, 6.07) is 5.13. The van der Waals surface area contributed by atoms with Crippen molar-refractivity contribution < 1.29 is 23.9 Å². The maximum Gasteiger partial charge on any atom is 0.330 e. The van der Waals surface area contributed by atoms with Crippen molar-refractivity contribution in [1.29, 1.82) is 0 Å². The molecule has 6 nitrogen and oxygen atoms in total. The Kier molecular flexibility index (Phi) is 6.56. The van der Waals surface area contributed by atoms with Gasteiger partial charge in [-0.1, -0.05) is 12.1 Å². The Morgan fingerprint density at radius 2 is 1.59 bits per heavy atom. The zero-order valence-electron chi connectivity index (χ0n) is 12.6. The Balaban J connectivity index is 3.10. The number of amides is 1. The van der Waals surface area contributed by atoms with Gasteiger partial charge in [-0.2, -0.15) is 0 Å². The molecule has 0 heterocycles. The first-order valence-electron chi connectivity index (χ1n) is 6.40. The molecule has 0 saturated heterocycles. The van der Waals surface area contributed by atoms with Crippen LogP contribution >= 0.6 is 0 Å². The third kappa shape index (κ3) is 5.62. The Hall–Kier alpha value is -2.89. The lowest BCUT2D eigenvalue weighted by atomic mass is 10.1. The summed E-state index contributed by atoms with van der Waals surface area (Å²) in [5.74, 6) is -1.22. The first-order chi connectivity index (χ1) is 10.5. The van der Waals surface area contributed by atoms with Crippen molar-refractivity contribution in [2.75, 3.05) is 19.5 Å². The van der Waals surface area contributed by atoms with Crippen LogP contribution in [-0.2, 0) is 23.9 Å². The zero-order chi connectivity index (χ0) is 16.5. The van der Waals surface area contributed by atoms with E-state index in [-0.39, 0.29) is 5.91 Å². The predicted molar refractivity (Wildman–Crippen MR) is 82.8 cm³/mol. The fraction of sp³-hybridized carbons (Fsp3) is 0.188. The molecule has 0 saturated carbocycles. The van der Waals surface area contributed by atoms with Crippen LogP contribution in [0, 0.1) is 0 Å². The molecular weight excluding hydrogens is 286 g/mol. The van der Waals surface area contributed by atoms with Crippen molar-refractivity contribution >= 4 is 35.7 Å². The molecule has 0 aromatic heterocycles. The van der Waals surface area contributed by atoms with Gasteiger partial charge in [-0.3, -0.25) is 4.79 Å². The van der Waals surface area contributed by atoms with E-state index in [4.69, 9.17) is 0 Å². The number of rotatable bonds is 5. The van der Waals surface area contributed by atoms with Crippen molar-refractivity contribution in [3.05, 3.63) is 41.5 Å². The van der Waals surface area contributed by atoms with Gasteiger partial charge in [0.25, 0.3) is 0 Å². The number of anilines is 1. The minimum Gasteiger partial charge on any atom is -0.466 e. The topological polar surface area (TPSA) is 81.7 Å². The molecule has 1 rings (SSSR count). The summed E-state index contributed by atoms with van der Waals surface area (Å²) in [4.78, 5) is 33.5. The van der Waals surface area contributed by atoms with Crippen molar-refractivity contribution in [1.82, 2.24) is 0 Å². The van der Waals surface area contributed by atoms with Crippen molar-refractivity contribution in [3.8, 4) is 0 Å². The minimum atomic E-state index is -0.497. The number of benzene rings is 1. The maximum absolute atomic E-state index is 11.3. The molecule has 0 spiro atoms. The second-order valence-corrected chi connectivity index (χ2v) is 4.24. The zero-order valence-corrected chi connectivity index (χ0v) is 12.6. The smallest absolute Gasteiger partial charge is 0.330 e. The van der Waals surface area contributed by atoms with E-state index in [0.29, 0.717) is 16.8 Å². The molecule has 1 amide bonds. The van der Waals surface area contributed by atoms with Gasteiger partial charge in [0.2, 0.25) is 5.91 Å². The fourth-order valence-electron chi connectivity index (χ4n) is 1.58. The van der Waals surface area contributed by atoms with E-state index in [2.05, 4.69) is 14.8 Å². The number of hydrogen-bond donors (Lipinski definition) is 1. The van der Waals surface area contributed by atoms with E-state index in [1.165, 1.54) is 39.4 Å². The molecule has 0 aliphatic carbocycles. The number of carbonyl (C=O) groups excluding carboxylic acids is 3. The maximum atomic E-state index is 11.3. The molecule has 0 fully saturated rings. The standard InChI is InChI=1S/C16H17NO5/c1-11(18)17-14-10-12(5-8-15(19)21-2)4-6-13(14)7-9-16(20)22-3/h4-10H,1-3H3,(H,17,18)/b8-5+,9-7+. The molecule has 0 aliphatic heterocycles. The van der Waals surface area contributed by atoms with E-state index in [1.54, 1.807) is 24.3 Å². The molecule has 0 atom stereocenters. The van der Waals surface area contributed by atoms with Crippen LogP contribution in [0.2, 0.25) is 0 Å². The number of carbonyl (C=O) groups is 3. The quantitative estimate of drug-likeness (QED) is 0.664. The average molecular weight is 303 g/mol. The van der Waals surface area contributed by atoms with E-state index >= 15 is 0 Å². The molecule has 1 aromatic rings. The highest BCUT2D eigenvalue weighted by molar-refractivity contribution is 5.94. The van der Waals surface area contributed by atoms with Gasteiger partial charge in [0, 0.05) is 24.8 Å². The van der Waals surface area contributed by atoms with E-state index < -0.39 is 11.9 Å². The molecule has 0 bridgehead atoms. The Morgan fingerprint density at radius 1 is 1.00 bits per heavy atom. The summed E-state index contributed by atoms with van der Waals surface area (Å²) < 4.78 is 9.03. The second-order valence-electron chi connectivity index (χ2n) is 4.24. The first-order valence-corrected chi connectivity index (χ1v) is 6.40. The van der Waals surface area contributed by atoms with Crippen LogP contribution in [0.15, 0.2) is 30.4 Å².